The summed E-state index contributed by atoms with van der Waals surface area (Å²) in [6.45, 7) is 9.14. The fourth-order valence-electron chi connectivity index (χ4n) is 5.86. The van der Waals surface area contributed by atoms with Crippen molar-refractivity contribution in [1.29, 1.82) is 0 Å². The van der Waals surface area contributed by atoms with Crippen LogP contribution in [0, 0.1) is 18.8 Å². The summed E-state index contributed by atoms with van der Waals surface area (Å²) in [6, 6.07) is 5.14. The van der Waals surface area contributed by atoms with E-state index in [9.17, 15) is 23.2 Å². The summed E-state index contributed by atoms with van der Waals surface area (Å²) in [5.74, 6) is -3.72. The molecule has 0 saturated carbocycles. The van der Waals surface area contributed by atoms with E-state index in [1.165, 1.54) is 4.90 Å². The number of halogens is 2. The molecule has 42 heavy (non-hydrogen) atoms. The van der Waals surface area contributed by atoms with Crippen molar-refractivity contribution >= 4 is 34.1 Å². The zero-order valence-corrected chi connectivity index (χ0v) is 25.1. The average molecular weight is 602 g/mol. The van der Waals surface area contributed by atoms with E-state index in [0.717, 1.165) is 47.4 Å². The smallest absolute Gasteiger partial charge is 0.251 e. The molecule has 12 heteroatoms. The number of anilines is 1. The Morgan fingerprint density at radius 2 is 1.90 bits per heavy atom. The molecule has 2 aromatic rings. The van der Waals surface area contributed by atoms with Crippen molar-refractivity contribution in [3.63, 3.8) is 0 Å². The molecular weight excluding hydrogens is 564 g/mol. The summed E-state index contributed by atoms with van der Waals surface area (Å²) in [5.41, 5.74) is 2.15. The number of fused-ring (bicyclic) bond motifs is 1. The number of ether oxygens (including phenoxy) is 1. The highest BCUT2D eigenvalue weighted by atomic mass is 32.1. The zero-order chi connectivity index (χ0) is 30.1. The highest BCUT2D eigenvalue weighted by Gasteiger charge is 2.54. The molecule has 9 nitrogen and oxygen atoms in total. The third kappa shape index (κ3) is 5.84. The van der Waals surface area contributed by atoms with Crippen LogP contribution in [0.3, 0.4) is 0 Å². The van der Waals surface area contributed by atoms with E-state index in [-0.39, 0.29) is 31.2 Å². The molecule has 3 fully saturated rings. The van der Waals surface area contributed by atoms with Crippen molar-refractivity contribution in [1.82, 2.24) is 20.1 Å². The van der Waals surface area contributed by atoms with Crippen LogP contribution in [0.25, 0.3) is 11.3 Å². The number of carbonyl (C=O) groups is 3. The van der Waals surface area contributed by atoms with Gasteiger partial charge in [-0.2, -0.15) is 0 Å². The molecule has 1 aromatic heterocycles. The fourth-order valence-corrected chi connectivity index (χ4v) is 6.84. The minimum absolute atomic E-state index is 0.153. The number of amides is 2. The Hall–Kier alpha value is -3.22. The van der Waals surface area contributed by atoms with Crippen LogP contribution in [0.15, 0.2) is 36.4 Å². The van der Waals surface area contributed by atoms with Crippen LogP contribution in [0.5, 0.6) is 0 Å². The van der Waals surface area contributed by atoms with Crippen molar-refractivity contribution < 1.29 is 27.9 Å². The van der Waals surface area contributed by atoms with Crippen molar-refractivity contribution in [2.75, 3.05) is 51.3 Å². The van der Waals surface area contributed by atoms with E-state index < -0.39 is 41.7 Å². The van der Waals surface area contributed by atoms with Crippen LogP contribution < -0.4 is 10.2 Å². The lowest BCUT2D eigenvalue weighted by molar-refractivity contribution is -0.139. The molecule has 5 atom stereocenters. The summed E-state index contributed by atoms with van der Waals surface area (Å²) in [5, 5.41) is 3.84. The molecule has 5 rings (SSSR count). The third-order valence-electron chi connectivity index (χ3n) is 8.67. The van der Waals surface area contributed by atoms with Gasteiger partial charge in [0, 0.05) is 48.7 Å². The van der Waals surface area contributed by atoms with Crippen molar-refractivity contribution in [2.24, 2.45) is 11.8 Å². The highest BCUT2D eigenvalue weighted by Crippen LogP contribution is 2.37. The number of carbonyl (C=O) groups excluding carboxylic acids is 3. The van der Waals surface area contributed by atoms with Crippen LogP contribution in [-0.4, -0.2) is 96.9 Å². The standard InChI is InChI=1S/C30H37F2N5O4S/c1-5-17(2)24(29(40)37-15-21(22(32)14-31)27-26(37)23(38)16-41-27)33-28(39)20-8-6-19(7-9-20)25-18(3)42-30(34-25)36-12-10-35(4)11-13-36/h6-9,14,17,21,24,26-27H,5,10-13,15-16H2,1-4H3,(H,33,39). The number of aromatic nitrogens is 1. The van der Waals surface area contributed by atoms with Gasteiger partial charge in [0.05, 0.1) is 17.7 Å². The van der Waals surface area contributed by atoms with Gasteiger partial charge >= 0.3 is 0 Å². The van der Waals surface area contributed by atoms with E-state index in [1.807, 2.05) is 32.9 Å². The molecule has 4 heterocycles. The van der Waals surface area contributed by atoms with Crippen LogP contribution >= 0.6 is 11.3 Å². The van der Waals surface area contributed by atoms with Gasteiger partial charge in [-0.05, 0) is 32.0 Å². The van der Waals surface area contributed by atoms with E-state index in [4.69, 9.17) is 9.72 Å². The Morgan fingerprint density at radius 3 is 2.55 bits per heavy atom. The predicted octanol–water partition coefficient (Wildman–Crippen LogP) is 3.59. The first-order valence-electron chi connectivity index (χ1n) is 14.4. The Bertz CT molecular complexity index is 1360. The van der Waals surface area contributed by atoms with Gasteiger partial charge in [-0.25, -0.2) is 13.8 Å². The number of piperazine rings is 1. The highest BCUT2D eigenvalue weighted by molar-refractivity contribution is 7.16. The van der Waals surface area contributed by atoms with Crippen molar-refractivity contribution in [3.05, 3.63) is 46.9 Å². The number of nitrogens with zero attached hydrogens (tertiary/aromatic N) is 4. The van der Waals surface area contributed by atoms with Gasteiger partial charge in [0.2, 0.25) is 5.91 Å². The first kappa shape index (κ1) is 30.2. The first-order valence-corrected chi connectivity index (χ1v) is 15.2. The summed E-state index contributed by atoms with van der Waals surface area (Å²) < 4.78 is 32.7. The molecule has 0 radical (unpaired) electrons. The van der Waals surface area contributed by atoms with Crippen LogP contribution in [0.4, 0.5) is 13.9 Å². The molecule has 0 aliphatic carbocycles. The number of hydrogen-bond acceptors (Lipinski definition) is 8. The van der Waals surface area contributed by atoms with E-state index in [1.54, 1.807) is 23.5 Å². The maximum Gasteiger partial charge on any atom is 0.251 e. The normalized spacial score (nSPS) is 24.6. The second-order valence-electron chi connectivity index (χ2n) is 11.4. The number of Topliss-reactive ketones (excluding diaryl/α,β-unsaturated/α-hetero) is 1. The Morgan fingerprint density at radius 1 is 1.21 bits per heavy atom. The quantitative estimate of drug-likeness (QED) is 0.494. The first-order chi connectivity index (χ1) is 20.1. The second-order valence-corrected chi connectivity index (χ2v) is 12.6. The Kier molecular flexibility index (Phi) is 9.05. The zero-order valence-electron chi connectivity index (χ0n) is 24.3. The SMILES string of the molecule is CCC(C)C(NC(=O)c1ccc(-c2nc(N3CCN(C)CC3)sc2C)cc1)C(=O)N1CC(C(F)=CF)C2OCC(=O)C21. The van der Waals surface area contributed by atoms with E-state index in [0.29, 0.717) is 12.0 Å². The molecule has 5 unspecified atom stereocenters. The summed E-state index contributed by atoms with van der Waals surface area (Å²) in [6.07, 6.45) is -0.525. The minimum atomic E-state index is -1.07. The van der Waals surface area contributed by atoms with Gasteiger partial charge in [-0.3, -0.25) is 14.4 Å². The molecule has 0 spiro atoms. The predicted molar refractivity (Wildman–Crippen MR) is 157 cm³/mol. The van der Waals surface area contributed by atoms with Crippen molar-refractivity contribution in [3.8, 4) is 11.3 Å². The molecule has 1 N–H and O–H groups in total. The average Bonchev–Trinajstić information content (AvgIpc) is 3.70. The number of ketones is 1. The molecule has 3 aliphatic rings. The fraction of sp³-hybridized carbons (Fsp3) is 0.533. The van der Waals surface area contributed by atoms with Gasteiger partial charge in [0.15, 0.2) is 10.9 Å². The number of nitrogens with one attached hydrogen (secondary N) is 1. The molecule has 1 aromatic carbocycles. The summed E-state index contributed by atoms with van der Waals surface area (Å²) >= 11 is 1.66. The van der Waals surface area contributed by atoms with Gasteiger partial charge in [-0.1, -0.05) is 32.4 Å². The number of thiazole rings is 1. The maximum absolute atomic E-state index is 14.3. The van der Waals surface area contributed by atoms with Gasteiger partial charge in [0.25, 0.3) is 5.91 Å². The van der Waals surface area contributed by atoms with Crippen LogP contribution in [0.2, 0.25) is 0 Å². The number of hydrogen-bond donors (Lipinski definition) is 1. The number of likely N-dealkylation sites (tertiary alicyclic amines) is 1. The van der Waals surface area contributed by atoms with Crippen LogP contribution in [-0.2, 0) is 14.3 Å². The topological polar surface area (TPSA) is 95.1 Å². The number of benzene rings is 1. The summed E-state index contributed by atoms with van der Waals surface area (Å²) in [4.78, 5) is 51.5. The molecule has 226 valence electrons. The maximum atomic E-state index is 14.3. The van der Waals surface area contributed by atoms with E-state index >= 15 is 0 Å². The largest absolute Gasteiger partial charge is 0.367 e. The molecule has 3 saturated heterocycles. The monoisotopic (exact) mass is 601 g/mol. The van der Waals surface area contributed by atoms with Gasteiger partial charge < -0.3 is 24.8 Å². The Labute approximate surface area is 248 Å². The second kappa shape index (κ2) is 12.6. The molecule has 3 aliphatic heterocycles. The lowest BCUT2D eigenvalue weighted by Gasteiger charge is -2.32. The van der Waals surface area contributed by atoms with Crippen molar-refractivity contribution in [2.45, 2.75) is 45.4 Å². The Balaban J connectivity index is 1.31. The lowest BCUT2D eigenvalue weighted by atomic mass is 9.96. The molecule has 2 amide bonds. The minimum Gasteiger partial charge on any atom is -0.367 e. The number of likely N-dealkylation sites (N-methyl/N-ethyl adjacent to an activating group) is 1. The van der Waals surface area contributed by atoms with Crippen LogP contribution in [0.1, 0.15) is 35.5 Å². The van der Waals surface area contributed by atoms with Gasteiger partial charge in [0.1, 0.15) is 30.8 Å². The molecule has 0 bridgehead atoms. The lowest BCUT2D eigenvalue weighted by Crippen LogP contribution is -2.54. The third-order valence-corrected chi connectivity index (χ3v) is 9.70. The molecular formula is C30H37F2N5O4S. The van der Waals surface area contributed by atoms with Gasteiger partial charge in [-0.15, -0.1) is 11.3 Å². The van der Waals surface area contributed by atoms with E-state index in [2.05, 4.69) is 22.2 Å². The number of rotatable bonds is 8. The summed E-state index contributed by atoms with van der Waals surface area (Å²) in [7, 11) is 2.12. The number of aryl methyl sites for hydroxylation is 1.